The maximum atomic E-state index is 13.2. The molecule has 0 aromatic rings. The molecule has 0 heterocycles. The molecule has 0 radical (unpaired) electrons. The van der Waals surface area contributed by atoms with Crippen molar-refractivity contribution < 1.29 is 24.2 Å². The van der Waals surface area contributed by atoms with Crippen molar-refractivity contribution in [3.8, 4) is 0 Å². The average Bonchev–Trinajstić information content (AvgIpc) is 2.63. The first-order chi connectivity index (χ1) is 13.9. The van der Waals surface area contributed by atoms with Gasteiger partial charge < -0.3 is 14.6 Å². The molecule has 0 bridgehead atoms. The summed E-state index contributed by atoms with van der Waals surface area (Å²) in [4.78, 5) is 24.1. The molecule has 3 aliphatic carbocycles. The number of carbonyl (C=O) groups is 2. The molecular weight excluding hydrogens is 380 g/mol. The summed E-state index contributed by atoms with van der Waals surface area (Å²) < 4.78 is 10.3. The third-order valence-corrected chi connectivity index (χ3v) is 8.79. The average molecular weight is 421 g/mol. The Morgan fingerprint density at radius 2 is 1.70 bits per heavy atom. The molecule has 0 unspecified atom stereocenters. The van der Waals surface area contributed by atoms with Crippen molar-refractivity contribution in [1.29, 1.82) is 0 Å². The third-order valence-electron chi connectivity index (χ3n) is 8.79. The number of ether oxygens (including phenoxy) is 2. The molecule has 0 spiro atoms. The third kappa shape index (κ3) is 4.06. The number of aliphatic hydroxyl groups excluding tert-OH is 1. The minimum absolute atomic E-state index is 0.161. The fraction of sp³-hybridized carbons (Fsp3) is 0.840. The number of esters is 2. The van der Waals surface area contributed by atoms with E-state index >= 15 is 0 Å². The van der Waals surface area contributed by atoms with Crippen molar-refractivity contribution in [2.45, 2.75) is 85.7 Å². The molecule has 3 aliphatic rings. The lowest BCUT2D eigenvalue weighted by molar-refractivity contribution is -0.178. The molecule has 5 heteroatoms. The Bertz CT molecular complexity index is 698. The van der Waals surface area contributed by atoms with Crippen LogP contribution in [-0.4, -0.2) is 36.4 Å². The standard InChI is InChI=1S/C25H40O5/c1-16-8-9-20-24(5)12-7-11-23(3,4)19(24)10-13-25(20,6)21(16)22(28)30-15-18(27)14-29-17(2)26/h18-21,27H,1,7-15H2,2-6H3/t18-,19+,20+,21+,24+,25+/m0/s1. The van der Waals surface area contributed by atoms with Crippen LogP contribution in [0.15, 0.2) is 12.2 Å². The highest BCUT2D eigenvalue weighted by atomic mass is 16.6. The number of rotatable bonds is 5. The number of hydrogen-bond donors (Lipinski definition) is 1. The van der Waals surface area contributed by atoms with Gasteiger partial charge in [-0.25, -0.2) is 0 Å². The first-order valence-electron chi connectivity index (χ1n) is 11.6. The van der Waals surface area contributed by atoms with Gasteiger partial charge in [0, 0.05) is 6.92 Å². The predicted octanol–water partition coefficient (Wildman–Crippen LogP) is 4.67. The van der Waals surface area contributed by atoms with Gasteiger partial charge in [0.05, 0.1) is 5.92 Å². The number of carbonyl (C=O) groups excluding carboxylic acids is 2. The smallest absolute Gasteiger partial charge is 0.313 e. The van der Waals surface area contributed by atoms with Crippen LogP contribution in [0.1, 0.15) is 79.6 Å². The molecule has 0 aromatic carbocycles. The Balaban J connectivity index is 1.77. The Hall–Kier alpha value is -1.36. The lowest BCUT2D eigenvalue weighted by Gasteiger charge is -2.65. The van der Waals surface area contributed by atoms with E-state index in [2.05, 4.69) is 34.3 Å². The summed E-state index contributed by atoms with van der Waals surface area (Å²) in [6.45, 7) is 14.8. The van der Waals surface area contributed by atoms with Crippen LogP contribution in [0.5, 0.6) is 0 Å². The molecule has 5 nitrogen and oxygen atoms in total. The molecule has 1 N–H and O–H groups in total. The SMILES string of the molecule is C=C1CC[C@H]2[C@@](C)(CC[C@@H]3C(C)(C)CCC[C@@]23C)[C@H]1C(=O)OC[C@@H](O)COC(C)=O. The lowest BCUT2D eigenvalue weighted by Crippen LogP contribution is -2.59. The Morgan fingerprint density at radius 1 is 1.03 bits per heavy atom. The van der Waals surface area contributed by atoms with Crippen LogP contribution in [0.25, 0.3) is 0 Å². The monoisotopic (exact) mass is 420 g/mol. The lowest BCUT2D eigenvalue weighted by atomic mass is 9.39. The molecule has 30 heavy (non-hydrogen) atoms. The van der Waals surface area contributed by atoms with Gasteiger partial charge in [0.15, 0.2) is 0 Å². The number of fused-ring (bicyclic) bond motifs is 3. The molecule has 0 aromatic heterocycles. The molecular formula is C25H40O5. The zero-order valence-electron chi connectivity index (χ0n) is 19.5. The topological polar surface area (TPSA) is 72.8 Å². The van der Waals surface area contributed by atoms with Crippen molar-refractivity contribution >= 4 is 11.9 Å². The quantitative estimate of drug-likeness (QED) is 0.517. The van der Waals surface area contributed by atoms with Gasteiger partial charge >= 0.3 is 11.9 Å². The van der Waals surface area contributed by atoms with Gasteiger partial charge in [0.2, 0.25) is 0 Å². The van der Waals surface area contributed by atoms with Crippen molar-refractivity contribution in [3.63, 3.8) is 0 Å². The maximum Gasteiger partial charge on any atom is 0.313 e. The van der Waals surface area contributed by atoms with Gasteiger partial charge in [-0.2, -0.15) is 0 Å². The van der Waals surface area contributed by atoms with Crippen LogP contribution in [-0.2, 0) is 19.1 Å². The second-order valence-corrected chi connectivity index (χ2v) is 11.2. The van der Waals surface area contributed by atoms with E-state index in [-0.39, 0.29) is 35.9 Å². The minimum Gasteiger partial charge on any atom is -0.463 e. The normalized spacial score (nSPS) is 38.7. The predicted molar refractivity (Wildman–Crippen MR) is 116 cm³/mol. The van der Waals surface area contributed by atoms with Gasteiger partial charge in [-0.05, 0) is 66.6 Å². The van der Waals surface area contributed by atoms with E-state index in [0.29, 0.717) is 17.3 Å². The highest BCUT2D eigenvalue weighted by Gasteiger charge is 2.62. The summed E-state index contributed by atoms with van der Waals surface area (Å²) in [5, 5.41) is 9.98. The molecule has 0 saturated heterocycles. The van der Waals surface area contributed by atoms with Gasteiger partial charge in [0.25, 0.3) is 0 Å². The van der Waals surface area contributed by atoms with Gasteiger partial charge in [-0.1, -0.05) is 46.3 Å². The van der Waals surface area contributed by atoms with E-state index in [1.165, 1.54) is 26.2 Å². The van der Waals surface area contributed by atoms with Gasteiger partial charge in [-0.3, -0.25) is 9.59 Å². The maximum absolute atomic E-state index is 13.2. The fourth-order valence-corrected chi connectivity index (χ4v) is 7.59. The number of aliphatic hydroxyl groups is 1. The summed E-state index contributed by atoms with van der Waals surface area (Å²) in [5.41, 5.74) is 1.39. The largest absolute Gasteiger partial charge is 0.463 e. The van der Waals surface area contributed by atoms with E-state index in [9.17, 15) is 14.7 Å². The van der Waals surface area contributed by atoms with Crippen LogP contribution >= 0.6 is 0 Å². The molecule has 0 aliphatic heterocycles. The molecule has 6 atom stereocenters. The van der Waals surface area contributed by atoms with Crippen molar-refractivity contribution in [2.24, 2.45) is 34.0 Å². The van der Waals surface area contributed by atoms with E-state index < -0.39 is 12.1 Å². The van der Waals surface area contributed by atoms with E-state index in [4.69, 9.17) is 9.47 Å². The minimum atomic E-state index is -1.01. The summed E-state index contributed by atoms with van der Waals surface area (Å²) >= 11 is 0. The highest BCUT2D eigenvalue weighted by Crippen LogP contribution is 2.69. The zero-order valence-corrected chi connectivity index (χ0v) is 19.5. The molecule has 3 saturated carbocycles. The van der Waals surface area contributed by atoms with Crippen LogP contribution in [0.2, 0.25) is 0 Å². The Morgan fingerprint density at radius 3 is 2.37 bits per heavy atom. The first-order valence-corrected chi connectivity index (χ1v) is 11.6. The Labute approximate surface area is 181 Å². The van der Waals surface area contributed by atoms with E-state index in [1.54, 1.807) is 0 Å². The van der Waals surface area contributed by atoms with E-state index in [0.717, 1.165) is 31.3 Å². The second kappa shape index (κ2) is 8.29. The van der Waals surface area contributed by atoms with Gasteiger partial charge in [-0.15, -0.1) is 0 Å². The van der Waals surface area contributed by atoms with Crippen LogP contribution in [0, 0.1) is 34.0 Å². The van der Waals surface area contributed by atoms with Gasteiger partial charge in [0.1, 0.15) is 19.3 Å². The highest BCUT2D eigenvalue weighted by molar-refractivity contribution is 5.77. The fourth-order valence-electron chi connectivity index (χ4n) is 7.59. The molecule has 3 fully saturated rings. The van der Waals surface area contributed by atoms with Crippen molar-refractivity contribution in [3.05, 3.63) is 12.2 Å². The number of hydrogen-bond acceptors (Lipinski definition) is 5. The summed E-state index contributed by atoms with van der Waals surface area (Å²) in [7, 11) is 0. The second-order valence-electron chi connectivity index (χ2n) is 11.2. The molecule has 3 rings (SSSR count). The zero-order chi connectivity index (χ0) is 22.3. The Kier molecular flexibility index (Phi) is 6.44. The van der Waals surface area contributed by atoms with Crippen molar-refractivity contribution in [1.82, 2.24) is 0 Å². The van der Waals surface area contributed by atoms with E-state index in [1.807, 2.05) is 0 Å². The summed E-state index contributed by atoms with van der Waals surface area (Å²) in [5.74, 6) is 0.0748. The van der Waals surface area contributed by atoms with Crippen LogP contribution in [0.3, 0.4) is 0 Å². The summed E-state index contributed by atoms with van der Waals surface area (Å²) in [6.07, 6.45) is 6.87. The van der Waals surface area contributed by atoms with Crippen LogP contribution in [0.4, 0.5) is 0 Å². The molecule has 0 amide bonds. The summed E-state index contributed by atoms with van der Waals surface area (Å²) in [6, 6.07) is 0. The van der Waals surface area contributed by atoms with Crippen LogP contribution < -0.4 is 0 Å². The molecule has 170 valence electrons. The first kappa shape index (κ1) is 23.3. The van der Waals surface area contributed by atoms with Crippen molar-refractivity contribution in [2.75, 3.05) is 13.2 Å².